The lowest BCUT2D eigenvalue weighted by Crippen LogP contribution is -2.35. The maximum atomic E-state index is 13.0. The summed E-state index contributed by atoms with van der Waals surface area (Å²) in [6.07, 6.45) is 0.818. The number of carbonyl (C=O) groups excluding carboxylic acids is 3. The molecule has 0 radical (unpaired) electrons. The van der Waals surface area contributed by atoms with E-state index in [4.69, 9.17) is 34.8 Å². The largest absolute Gasteiger partial charge is 0.350 e. The number of carbonyl (C=O) groups is 3. The molecule has 9 heteroatoms. The van der Waals surface area contributed by atoms with Gasteiger partial charge in [-0.2, -0.15) is 0 Å². The third-order valence-corrected chi connectivity index (χ3v) is 6.89. The number of hydrogen-bond acceptors (Lipinski definition) is 4. The molecule has 3 aromatic rings. The standard InChI is InChI=1S/C26H18Cl3N3O3/c27-18-7-10-21(20(28)13-18)32-25(34)22(29)23(26(32)35)30-19-8-5-16(6-9-19)24(33)31-12-11-15-3-1-2-4-17(15)14-31/h1-10,13,30H,11-12,14H2. The molecule has 2 aliphatic heterocycles. The summed E-state index contributed by atoms with van der Waals surface area (Å²) < 4.78 is 0. The maximum Gasteiger partial charge on any atom is 0.283 e. The number of rotatable bonds is 4. The molecule has 3 aromatic carbocycles. The quantitative estimate of drug-likeness (QED) is 0.448. The summed E-state index contributed by atoms with van der Waals surface area (Å²) in [5, 5.41) is 3.17. The number of imide groups is 1. The molecule has 3 amide bonds. The molecule has 176 valence electrons. The third kappa shape index (κ3) is 4.41. The molecule has 0 saturated carbocycles. The van der Waals surface area contributed by atoms with Crippen LogP contribution in [0.1, 0.15) is 21.5 Å². The molecule has 0 atom stereocenters. The van der Waals surface area contributed by atoms with E-state index in [9.17, 15) is 14.4 Å². The minimum absolute atomic E-state index is 0.0704. The van der Waals surface area contributed by atoms with Crippen molar-refractivity contribution < 1.29 is 14.4 Å². The Balaban J connectivity index is 1.31. The van der Waals surface area contributed by atoms with Crippen molar-refractivity contribution in [2.45, 2.75) is 13.0 Å². The first-order chi connectivity index (χ1) is 16.8. The molecule has 35 heavy (non-hydrogen) atoms. The number of amides is 3. The van der Waals surface area contributed by atoms with E-state index >= 15 is 0 Å². The van der Waals surface area contributed by atoms with E-state index in [0.29, 0.717) is 29.4 Å². The molecule has 2 aliphatic rings. The smallest absolute Gasteiger partial charge is 0.283 e. The summed E-state index contributed by atoms with van der Waals surface area (Å²) in [5.74, 6) is -1.41. The van der Waals surface area contributed by atoms with E-state index in [1.807, 2.05) is 23.1 Å². The first-order valence-electron chi connectivity index (χ1n) is 10.8. The molecule has 6 nitrogen and oxygen atoms in total. The molecule has 0 aromatic heterocycles. The zero-order valence-electron chi connectivity index (χ0n) is 18.2. The van der Waals surface area contributed by atoms with Gasteiger partial charge >= 0.3 is 0 Å². The van der Waals surface area contributed by atoms with Crippen LogP contribution in [0.5, 0.6) is 0 Å². The number of fused-ring (bicyclic) bond motifs is 1. The lowest BCUT2D eigenvalue weighted by atomic mass is 9.99. The maximum absolute atomic E-state index is 13.0. The molecular formula is C26H18Cl3N3O3. The zero-order chi connectivity index (χ0) is 24.7. The van der Waals surface area contributed by atoms with Crippen molar-refractivity contribution in [2.75, 3.05) is 16.8 Å². The molecule has 1 N–H and O–H groups in total. The van der Waals surface area contributed by atoms with Gasteiger partial charge in [0.05, 0.1) is 10.7 Å². The van der Waals surface area contributed by atoms with Crippen molar-refractivity contribution in [1.82, 2.24) is 4.90 Å². The monoisotopic (exact) mass is 525 g/mol. The van der Waals surface area contributed by atoms with Crippen LogP contribution in [0, 0.1) is 0 Å². The number of nitrogens with one attached hydrogen (secondary N) is 1. The Kier molecular flexibility index (Phi) is 6.28. The van der Waals surface area contributed by atoms with E-state index in [1.165, 1.54) is 23.8 Å². The van der Waals surface area contributed by atoms with Gasteiger partial charge in [-0.25, -0.2) is 4.90 Å². The SMILES string of the molecule is O=C(c1ccc(NC2=C(Cl)C(=O)N(c3ccc(Cl)cc3Cl)C2=O)cc1)N1CCc2ccccc2C1. The molecule has 0 bridgehead atoms. The fraction of sp³-hybridized carbons (Fsp3) is 0.115. The number of hydrogen-bond donors (Lipinski definition) is 1. The zero-order valence-corrected chi connectivity index (χ0v) is 20.5. The number of benzene rings is 3. The Bertz CT molecular complexity index is 1400. The summed E-state index contributed by atoms with van der Waals surface area (Å²) in [7, 11) is 0. The fourth-order valence-corrected chi connectivity index (χ4v) is 4.89. The van der Waals surface area contributed by atoms with Gasteiger partial charge in [0.15, 0.2) is 0 Å². The molecule has 2 heterocycles. The average Bonchev–Trinajstić information content (AvgIpc) is 3.07. The number of nitrogens with zero attached hydrogens (tertiary/aromatic N) is 2. The molecule has 0 fully saturated rings. The van der Waals surface area contributed by atoms with E-state index in [2.05, 4.69) is 11.4 Å². The summed E-state index contributed by atoms with van der Waals surface area (Å²) in [5.41, 5.74) is 3.56. The Labute approximate surface area is 216 Å². The molecule has 0 aliphatic carbocycles. The van der Waals surface area contributed by atoms with Crippen LogP contribution in [0.4, 0.5) is 11.4 Å². The van der Waals surface area contributed by atoms with Crippen molar-refractivity contribution in [3.8, 4) is 0 Å². The van der Waals surface area contributed by atoms with E-state index in [0.717, 1.165) is 16.9 Å². The van der Waals surface area contributed by atoms with Gasteiger partial charge in [0.25, 0.3) is 17.7 Å². The van der Waals surface area contributed by atoms with Crippen LogP contribution in [0.25, 0.3) is 0 Å². The molecular weight excluding hydrogens is 509 g/mol. The van der Waals surface area contributed by atoms with Crippen molar-refractivity contribution in [1.29, 1.82) is 0 Å². The normalized spacial score (nSPS) is 15.5. The van der Waals surface area contributed by atoms with Gasteiger partial charge in [-0.05, 0) is 60.0 Å². The second-order valence-electron chi connectivity index (χ2n) is 8.18. The van der Waals surface area contributed by atoms with Crippen molar-refractivity contribution in [3.63, 3.8) is 0 Å². The average molecular weight is 527 g/mol. The Hall–Kier alpha value is -3.32. The van der Waals surface area contributed by atoms with Gasteiger partial charge in [0.2, 0.25) is 0 Å². The fourth-order valence-electron chi connectivity index (χ4n) is 4.18. The molecule has 0 spiro atoms. The van der Waals surface area contributed by atoms with Gasteiger partial charge in [-0.3, -0.25) is 14.4 Å². The lowest BCUT2D eigenvalue weighted by molar-refractivity contribution is -0.120. The van der Waals surface area contributed by atoms with Gasteiger partial charge in [0, 0.05) is 29.4 Å². The highest BCUT2D eigenvalue weighted by Gasteiger charge is 2.39. The van der Waals surface area contributed by atoms with Crippen molar-refractivity contribution in [3.05, 3.63) is 104 Å². The van der Waals surface area contributed by atoms with Gasteiger partial charge < -0.3 is 10.2 Å². The van der Waals surface area contributed by atoms with Crippen LogP contribution in [0.3, 0.4) is 0 Å². The third-order valence-electron chi connectivity index (χ3n) is 6.00. The summed E-state index contributed by atoms with van der Waals surface area (Å²) >= 11 is 18.3. The predicted molar refractivity (Wildman–Crippen MR) is 137 cm³/mol. The molecule has 0 unspecified atom stereocenters. The first-order valence-corrected chi connectivity index (χ1v) is 11.9. The second kappa shape index (κ2) is 9.38. The minimum atomic E-state index is -0.694. The summed E-state index contributed by atoms with van der Waals surface area (Å²) in [6.45, 7) is 1.22. The highest BCUT2D eigenvalue weighted by Crippen LogP contribution is 2.35. The van der Waals surface area contributed by atoms with Gasteiger partial charge in [0.1, 0.15) is 10.7 Å². The van der Waals surface area contributed by atoms with Crippen LogP contribution in [-0.4, -0.2) is 29.2 Å². The number of halogens is 3. The molecule has 0 saturated heterocycles. The van der Waals surface area contributed by atoms with Crippen LogP contribution in [0.15, 0.2) is 77.5 Å². The van der Waals surface area contributed by atoms with Gasteiger partial charge in [-0.15, -0.1) is 0 Å². The topological polar surface area (TPSA) is 69.7 Å². The van der Waals surface area contributed by atoms with Crippen LogP contribution >= 0.6 is 34.8 Å². The summed E-state index contributed by atoms with van der Waals surface area (Å²) in [6, 6.07) is 19.2. The molecule has 5 rings (SSSR count). The minimum Gasteiger partial charge on any atom is -0.350 e. The second-order valence-corrected chi connectivity index (χ2v) is 9.40. The van der Waals surface area contributed by atoms with Crippen LogP contribution < -0.4 is 10.2 Å². The highest BCUT2D eigenvalue weighted by atomic mass is 35.5. The Morgan fingerprint density at radius 3 is 2.29 bits per heavy atom. The lowest BCUT2D eigenvalue weighted by Gasteiger charge is -2.29. The first kappa shape index (κ1) is 23.4. The van der Waals surface area contributed by atoms with Crippen molar-refractivity contribution >= 4 is 63.9 Å². The van der Waals surface area contributed by atoms with Crippen LogP contribution in [-0.2, 0) is 22.6 Å². The Morgan fingerprint density at radius 2 is 1.57 bits per heavy atom. The van der Waals surface area contributed by atoms with Gasteiger partial charge in [-0.1, -0.05) is 59.1 Å². The van der Waals surface area contributed by atoms with Crippen LogP contribution in [0.2, 0.25) is 10.0 Å². The van der Waals surface area contributed by atoms with E-state index in [1.54, 1.807) is 24.3 Å². The predicted octanol–water partition coefficient (Wildman–Crippen LogP) is 5.63. The van der Waals surface area contributed by atoms with E-state index < -0.39 is 11.8 Å². The number of anilines is 2. The highest BCUT2D eigenvalue weighted by molar-refractivity contribution is 6.53. The van der Waals surface area contributed by atoms with E-state index in [-0.39, 0.29) is 27.3 Å². The Morgan fingerprint density at radius 1 is 0.857 bits per heavy atom. The van der Waals surface area contributed by atoms with Crippen molar-refractivity contribution in [2.24, 2.45) is 0 Å². The summed E-state index contributed by atoms with van der Waals surface area (Å²) in [4.78, 5) is 41.4.